The van der Waals surface area contributed by atoms with Crippen LogP contribution in [-0.2, 0) is 4.79 Å². The van der Waals surface area contributed by atoms with Gasteiger partial charge < -0.3 is 15.0 Å². The van der Waals surface area contributed by atoms with Crippen molar-refractivity contribution in [3.05, 3.63) is 24.3 Å². The Labute approximate surface area is 156 Å². The molecule has 0 radical (unpaired) electrons. The molecule has 0 bridgehead atoms. The molecule has 0 aromatic heterocycles. The predicted molar refractivity (Wildman–Crippen MR) is 103 cm³/mol. The van der Waals surface area contributed by atoms with E-state index in [0.717, 1.165) is 49.7 Å². The fraction of sp³-hybridized carbons (Fsp3) is 0.611. The van der Waals surface area contributed by atoms with Crippen LogP contribution in [0.2, 0.25) is 0 Å². The molecule has 1 aromatic rings. The van der Waals surface area contributed by atoms with Gasteiger partial charge in [0.2, 0.25) is 5.91 Å². The van der Waals surface area contributed by atoms with Crippen LogP contribution in [0, 0.1) is 5.92 Å². The molecule has 0 spiro atoms. The normalized spacial score (nSPS) is 16.4. The van der Waals surface area contributed by atoms with E-state index in [4.69, 9.17) is 4.74 Å². The third-order valence-electron chi connectivity index (χ3n) is 4.33. The zero-order valence-corrected chi connectivity index (χ0v) is 16.4. The summed E-state index contributed by atoms with van der Waals surface area (Å²) in [5.74, 6) is 1.81. The van der Waals surface area contributed by atoms with Crippen LogP contribution < -0.4 is 10.1 Å². The number of ether oxygens (including phenoxy) is 1. The van der Waals surface area contributed by atoms with Gasteiger partial charge in [-0.3, -0.25) is 4.79 Å². The summed E-state index contributed by atoms with van der Waals surface area (Å²) in [6, 6.07) is 7.89. The fourth-order valence-corrected chi connectivity index (χ4v) is 3.82. The number of likely N-dealkylation sites (tertiary alicyclic amines) is 1. The van der Waals surface area contributed by atoms with Gasteiger partial charge >= 0.3 is 0 Å². The van der Waals surface area contributed by atoms with E-state index >= 15 is 0 Å². The lowest BCUT2D eigenvalue weighted by atomic mass is 9.96. The van der Waals surface area contributed by atoms with Crippen molar-refractivity contribution >= 4 is 30.1 Å². The van der Waals surface area contributed by atoms with Gasteiger partial charge in [0.25, 0.3) is 0 Å². The van der Waals surface area contributed by atoms with Crippen LogP contribution in [-0.4, -0.2) is 49.3 Å². The highest BCUT2D eigenvalue weighted by Gasteiger charge is 2.26. The number of amides is 1. The average Bonchev–Trinajstić information content (AvgIpc) is 2.60. The largest absolute Gasteiger partial charge is 0.497 e. The van der Waals surface area contributed by atoms with Crippen molar-refractivity contribution in [3.8, 4) is 5.75 Å². The second-order valence-electron chi connectivity index (χ2n) is 6.01. The van der Waals surface area contributed by atoms with E-state index < -0.39 is 0 Å². The molecule has 1 aliphatic heterocycles. The van der Waals surface area contributed by atoms with E-state index in [0.29, 0.717) is 5.92 Å². The molecule has 1 aromatic carbocycles. The Balaban J connectivity index is 0.00000288. The Morgan fingerprint density at radius 3 is 2.50 bits per heavy atom. The van der Waals surface area contributed by atoms with Gasteiger partial charge in [-0.15, -0.1) is 24.2 Å². The Kier molecular flexibility index (Phi) is 9.56. The van der Waals surface area contributed by atoms with E-state index in [2.05, 4.69) is 12.2 Å². The zero-order chi connectivity index (χ0) is 16.7. The quantitative estimate of drug-likeness (QED) is 0.744. The number of rotatable bonds is 7. The SMILES string of the molecule is CCNCC1CCN(C(=O)C(C)Sc2ccc(OC)cc2)CC1.Cl. The molecular weight excluding hydrogens is 344 g/mol. The van der Waals surface area contributed by atoms with Gasteiger partial charge in [0.1, 0.15) is 5.75 Å². The van der Waals surface area contributed by atoms with Crippen LogP contribution in [0.25, 0.3) is 0 Å². The highest BCUT2D eigenvalue weighted by Crippen LogP contribution is 2.27. The number of halogens is 1. The average molecular weight is 373 g/mol. The summed E-state index contributed by atoms with van der Waals surface area (Å²) in [6.07, 6.45) is 2.22. The number of carbonyl (C=O) groups is 1. The van der Waals surface area contributed by atoms with Crippen molar-refractivity contribution in [1.82, 2.24) is 10.2 Å². The summed E-state index contributed by atoms with van der Waals surface area (Å²) >= 11 is 1.62. The van der Waals surface area contributed by atoms with Crippen molar-refractivity contribution in [2.24, 2.45) is 5.92 Å². The first-order valence-corrected chi connectivity index (χ1v) is 9.32. The molecule has 1 fully saturated rings. The van der Waals surface area contributed by atoms with Crippen molar-refractivity contribution in [3.63, 3.8) is 0 Å². The first-order valence-electron chi connectivity index (χ1n) is 8.44. The van der Waals surface area contributed by atoms with Crippen LogP contribution in [0.4, 0.5) is 0 Å². The number of hydrogen-bond donors (Lipinski definition) is 1. The predicted octanol–water partition coefficient (Wildman–Crippen LogP) is 3.45. The van der Waals surface area contributed by atoms with Gasteiger partial charge in [0.05, 0.1) is 12.4 Å². The van der Waals surface area contributed by atoms with Crippen LogP contribution in [0.3, 0.4) is 0 Å². The molecule has 0 saturated carbocycles. The number of nitrogens with one attached hydrogen (secondary N) is 1. The fourth-order valence-electron chi connectivity index (χ4n) is 2.87. The van der Waals surface area contributed by atoms with Gasteiger partial charge in [0, 0.05) is 18.0 Å². The molecule has 2 rings (SSSR count). The molecule has 1 amide bonds. The maximum atomic E-state index is 12.6. The van der Waals surface area contributed by atoms with Gasteiger partial charge in [0.15, 0.2) is 0 Å². The summed E-state index contributed by atoms with van der Waals surface area (Å²) in [5, 5.41) is 3.36. The first-order chi connectivity index (χ1) is 11.1. The van der Waals surface area contributed by atoms with Gasteiger partial charge in [-0.2, -0.15) is 0 Å². The summed E-state index contributed by atoms with van der Waals surface area (Å²) < 4.78 is 5.17. The topological polar surface area (TPSA) is 41.6 Å². The molecule has 24 heavy (non-hydrogen) atoms. The molecule has 4 nitrogen and oxygen atoms in total. The molecule has 136 valence electrons. The van der Waals surface area contributed by atoms with E-state index in [1.807, 2.05) is 36.1 Å². The van der Waals surface area contributed by atoms with E-state index in [1.165, 1.54) is 0 Å². The minimum Gasteiger partial charge on any atom is -0.497 e. The number of carbonyl (C=O) groups excluding carboxylic acids is 1. The second-order valence-corrected chi connectivity index (χ2v) is 7.43. The summed E-state index contributed by atoms with van der Waals surface area (Å²) in [7, 11) is 1.66. The molecule has 1 unspecified atom stereocenters. The van der Waals surface area contributed by atoms with Crippen molar-refractivity contribution < 1.29 is 9.53 Å². The standard InChI is InChI=1S/C18H28N2O2S.ClH/c1-4-19-13-15-9-11-20(12-10-15)18(21)14(2)23-17-7-5-16(22-3)6-8-17;/h5-8,14-15,19H,4,9-13H2,1-3H3;1H. The molecular formula is C18H29ClN2O2S. The summed E-state index contributed by atoms with van der Waals surface area (Å²) in [4.78, 5) is 15.7. The van der Waals surface area contributed by atoms with E-state index in [1.54, 1.807) is 18.9 Å². The number of hydrogen-bond acceptors (Lipinski definition) is 4. The highest BCUT2D eigenvalue weighted by atomic mass is 35.5. The molecule has 1 N–H and O–H groups in total. The van der Waals surface area contributed by atoms with Crippen molar-refractivity contribution in [2.45, 2.75) is 36.8 Å². The van der Waals surface area contributed by atoms with Gasteiger partial charge in [-0.25, -0.2) is 0 Å². The number of benzene rings is 1. The second kappa shape index (κ2) is 10.9. The molecule has 1 atom stereocenters. The lowest BCUT2D eigenvalue weighted by Gasteiger charge is -2.33. The maximum Gasteiger partial charge on any atom is 0.235 e. The smallest absolute Gasteiger partial charge is 0.235 e. The highest BCUT2D eigenvalue weighted by molar-refractivity contribution is 8.00. The maximum absolute atomic E-state index is 12.6. The molecule has 1 aliphatic rings. The third kappa shape index (κ3) is 6.19. The van der Waals surface area contributed by atoms with Crippen LogP contribution in [0.15, 0.2) is 29.2 Å². The molecule has 1 saturated heterocycles. The Hall–Kier alpha value is -0.910. The lowest BCUT2D eigenvalue weighted by molar-refractivity contribution is -0.131. The number of thioether (sulfide) groups is 1. The number of piperidine rings is 1. The van der Waals surface area contributed by atoms with Crippen molar-refractivity contribution in [2.75, 3.05) is 33.3 Å². The van der Waals surface area contributed by atoms with Crippen LogP contribution in [0.1, 0.15) is 26.7 Å². The van der Waals surface area contributed by atoms with Crippen LogP contribution >= 0.6 is 24.2 Å². The van der Waals surface area contributed by atoms with Gasteiger partial charge in [-0.1, -0.05) is 6.92 Å². The molecule has 6 heteroatoms. The lowest BCUT2D eigenvalue weighted by Crippen LogP contribution is -2.43. The molecule has 0 aliphatic carbocycles. The first kappa shape index (κ1) is 21.1. The zero-order valence-electron chi connectivity index (χ0n) is 14.8. The third-order valence-corrected chi connectivity index (χ3v) is 5.43. The Morgan fingerprint density at radius 1 is 1.33 bits per heavy atom. The van der Waals surface area contributed by atoms with E-state index in [9.17, 15) is 4.79 Å². The monoisotopic (exact) mass is 372 g/mol. The van der Waals surface area contributed by atoms with Crippen LogP contribution in [0.5, 0.6) is 5.75 Å². The molecule has 1 heterocycles. The number of nitrogens with zero attached hydrogens (tertiary/aromatic N) is 1. The Bertz CT molecular complexity index is 490. The summed E-state index contributed by atoms with van der Waals surface area (Å²) in [6.45, 7) is 8.02. The minimum absolute atomic E-state index is 0. The van der Waals surface area contributed by atoms with Crippen molar-refractivity contribution in [1.29, 1.82) is 0 Å². The Morgan fingerprint density at radius 2 is 1.96 bits per heavy atom. The van der Waals surface area contributed by atoms with E-state index in [-0.39, 0.29) is 23.6 Å². The van der Waals surface area contributed by atoms with Gasteiger partial charge in [-0.05, 0) is 63.0 Å². The minimum atomic E-state index is -0.0475. The summed E-state index contributed by atoms with van der Waals surface area (Å²) in [5.41, 5.74) is 0. The number of methoxy groups -OCH3 is 1.